The lowest BCUT2D eigenvalue weighted by Crippen LogP contribution is -2.15. The number of rotatable bonds is 5. The van der Waals surface area contributed by atoms with Gasteiger partial charge in [0, 0.05) is 10.3 Å². The summed E-state index contributed by atoms with van der Waals surface area (Å²) in [5.74, 6) is 0.785. The van der Waals surface area contributed by atoms with E-state index in [4.69, 9.17) is 0 Å². The zero-order valence-corrected chi connectivity index (χ0v) is 13.8. The third kappa shape index (κ3) is 3.40. The van der Waals surface area contributed by atoms with Gasteiger partial charge in [-0.05, 0) is 25.5 Å². The molecule has 0 saturated carbocycles. The molecule has 3 aromatic rings. The van der Waals surface area contributed by atoms with Crippen LogP contribution in [0.4, 0.5) is 5.95 Å². The summed E-state index contributed by atoms with van der Waals surface area (Å²) >= 11 is 3.20. The van der Waals surface area contributed by atoms with Crippen molar-refractivity contribution in [2.24, 2.45) is 0 Å². The quantitative estimate of drug-likeness (QED) is 0.752. The molecule has 6 nitrogen and oxygen atoms in total. The van der Waals surface area contributed by atoms with E-state index in [-0.39, 0.29) is 18.3 Å². The van der Waals surface area contributed by atoms with E-state index < -0.39 is 0 Å². The fourth-order valence-electron chi connectivity index (χ4n) is 1.92. The lowest BCUT2D eigenvalue weighted by atomic mass is 10.3. The normalized spacial score (nSPS) is 10.8. The highest BCUT2D eigenvalue weighted by molar-refractivity contribution is 7.15. The lowest BCUT2D eigenvalue weighted by Gasteiger charge is -1.97. The van der Waals surface area contributed by atoms with Crippen molar-refractivity contribution in [3.8, 4) is 10.7 Å². The fourth-order valence-corrected chi connectivity index (χ4v) is 3.47. The van der Waals surface area contributed by atoms with Crippen LogP contribution in [0.2, 0.25) is 0 Å². The van der Waals surface area contributed by atoms with Gasteiger partial charge in [-0.15, -0.1) is 27.8 Å². The number of carbonyl (C=O) groups excluding carboxylic acids is 1. The first kappa shape index (κ1) is 14.9. The number of H-pyrrole nitrogens is 1. The Morgan fingerprint density at radius 2 is 2.23 bits per heavy atom. The predicted octanol–water partition coefficient (Wildman–Crippen LogP) is 3.04. The van der Waals surface area contributed by atoms with Gasteiger partial charge in [-0.3, -0.25) is 15.2 Å². The van der Waals surface area contributed by atoms with Crippen LogP contribution < -0.4 is 5.32 Å². The molecule has 1 amide bonds. The highest BCUT2D eigenvalue weighted by atomic mass is 32.1. The van der Waals surface area contributed by atoms with Crippen LogP contribution in [-0.4, -0.2) is 26.1 Å². The highest BCUT2D eigenvalue weighted by Gasteiger charge is 2.12. The average Bonchev–Trinajstić information content (AvgIpc) is 3.19. The molecule has 0 atom stereocenters. The van der Waals surface area contributed by atoms with Gasteiger partial charge in [-0.25, -0.2) is 4.98 Å². The van der Waals surface area contributed by atoms with Gasteiger partial charge in [0.2, 0.25) is 11.9 Å². The van der Waals surface area contributed by atoms with Crippen LogP contribution >= 0.6 is 22.7 Å². The number of aryl methyl sites for hydroxylation is 2. The number of aromatic nitrogens is 4. The molecule has 0 aliphatic heterocycles. The number of amides is 1. The maximum absolute atomic E-state index is 12.0. The number of aromatic amines is 1. The number of nitrogens with zero attached hydrogens (tertiary/aromatic N) is 3. The molecule has 0 unspecified atom stereocenters. The average molecular weight is 333 g/mol. The Labute approximate surface area is 135 Å². The van der Waals surface area contributed by atoms with Gasteiger partial charge >= 0.3 is 0 Å². The molecule has 0 bridgehead atoms. The summed E-state index contributed by atoms with van der Waals surface area (Å²) < 4.78 is 0. The Morgan fingerprint density at radius 3 is 2.91 bits per heavy atom. The summed E-state index contributed by atoms with van der Waals surface area (Å²) in [7, 11) is 0. The number of nitrogens with one attached hydrogen (secondary N) is 2. The van der Waals surface area contributed by atoms with Crippen molar-refractivity contribution in [1.29, 1.82) is 0 Å². The van der Waals surface area contributed by atoms with Crippen LogP contribution in [0, 0.1) is 6.92 Å². The van der Waals surface area contributed by atoms with Gasteiger partial charge in [0.25, 0.3) is 0 Å². The van der Waals surface area contributed by atoms with Crippen LogP contribution in [-0.2, 0) is 17.6 Å². The van der Waals surface area contributed by atoms with E-state index in [1.165, 1.54) is 4.88 Å². The maximum atomic E-state index is 12.0. The fraction of sp³-hybridized carbons (Fsp3) is 0.286. The number of hydrogen-bond acceptors (Lipinski definition) is 6. The molecular weight excluding hydrogens is 318 g/mol. The van der Waals surface area contributed by atoms with Crippen molar-refractivity contribution >= 4 is 34.5 Å². The SMILES string of the molecule is CCc1nc(CC(=O)Nc2n[nH]c(-c3ccc(C)s3)n2)cs1. The first-order valence-electron chi connectivity index (χ1n) is 6.86. The molecule has 0 aromatic carbocycles. The first-order chi connectivity index (χ1) is 10.6. The Morgan fingerprint density at radius 1 is 1.36 bits per heavy atom. The van der Waals surface area contributed by atoms with E-state index in [2.05, 4.69) is 25.5 Å². The van der Waals surface area contributed by atoms with Crippen molar-refractivity contribution in [3.05, 3.63) is 33.1 Å². The van der Waals surface area contributed by atoms with Gasteiger partial charge in [0.05, 0.1) is 22.0 Å². The Hall–Kier alpha value is -2.06. The van der Waals surface area contributed by atoms with Crippen LogP contribution in [0.15, 0.2) is 17.5 Å². The standard InChI is InChI=1S/C14H15N5OS2/c1-3-12-15-9(7-21-12)6-11(20)16-14-17-13(18-19-14)10-5-4-8(2)22-10/h4-5,7H,3,6H2,1-2H3,(H2,16,17,18,19,20). The molecule has 0 fully saturated rings. The van der Waals surface area contributed by atoms with Gasteiger partial charge in [-0.2, -0.15) is 4.98 Å². The van der Waals surface area contributed by atoms with Crippen molar-refractivity contribution in [3.63, 3.8) is 0 Å². The molecule has 2 N–H and O–H groups in total. The van der Waals surface area contributed by atoms with Crippen LogP contribution in [0.3, 0.4) is 0 Å². The molecule has 3 heterocycles. The summed E-state index contributed by atoms with van der Waals surface area (Å²) in [6, 6.07) is 4.00. The van der Waals surface area contributed by atoms with Gasteiger partial charge < -0.3 is 0 Å². The Balaban J connectivity index is 1.63. The van der Waals surface area contributed by atoms with Crippen LogP contribution in [0.5, 0.6) is 0 Å². The second kappa shape index (κ2) is 6.37. The van der Waals surface area contributed by atoms with E-state index in [1.807, 2.05) is 31.4 Å². The smallest absolute Gasteiger partial charge is 0.249 e. The van der Waals surface area contributed by atoms with E-state index in [9.17, 15) is 4.79 Å². The second-order valence-electron chi connectivity index (χ2n) is 4.73. The molecule has 0 spiro atoms. The maximum Gasteiger partial charge on any atom is 0.249 e. The lowest BCUT2D eigenvalue weighted by molar-refractivity contribution is -0.115. The molecule has 8 heteroatoms. The minimum absolute atomic E-state index is 0.166. The molecule has 3 aromatic heterocycles. The minimum atomic E-state index is -0.166. The Kier molecular flexibility index (Phi) is 4.30. The zero-order chi connectivity index (χ0) is 15.5. The molecule has 114 valence electrons. The van der Waals surface area contributed by atoms with Crippen molar-refractivity contribution < 1.29 is 4.79 Å². The summed E-state index contributed by atoms with van der Waals surface area (Å²) in [6.07, 6.45) is 1.12. The topological polar surface area (TPSA) is 83.6 Å². The minimum Gasteiger partial charge on any atom is -0.293 e. The molecular formula is C14H15N5OS2. The van der Waals surface area contributed by atoms with Gasteiger partial charge in [0.1, 0.15) is 0 Å². The molecule has 0 aliphatic carbocycles. The van der Waals surface area contributed by atoms with Gasteiger partial charge in [0.15, 0.2) is 5.82 Å². The third-order valence-corrected chi connectivity index (χ3v) is 5.00. The van der Waals surface area contributed by atoms with E-state index >= 15 is 0 Å². The number of carbonyl (C=O) groups is 1. The number of thiazole rings is 1. The summed E-state index contributed by atoms with van der Waals surface area (Å²) in [6.45, 7) is 4.08. The highest BCUT2D eigenvalue weighted by Crippen LogP contribution is 2.25. The first-order valence-corrected chi connectivity index (χ1v) is 8.56. The molecule has 0 aliphatic rings. The van der Waals surface area contributed by atoms with Crippen LogP contribution in [0.1, 0.15) is 22.5 Å². The Bertz CT molecular complexity index is 789. The van der Waals surface area contributed by atoms with E-state index in [0.717, 1.165) is 22.0 Å². The monoisotopic (exact) mass is 333 g/mol. The summed E-state index contributed by atoms with van der Waals surface area (Å²) in [5, 5.41) is 12.5. The molecule has 22 heavy (non-hydrogen) atoms. The van der Waals surface area contributed by atoms with Crippen molar-refractivity contribution in [2.45, 2.75) is 26.7 Å². The van der Waals surface area contributed by atoms with Crippen molar-refractivity contribution in [2.75, 3.05) is 5.32 Å². The molecule has 0 radical (unpaired) electrons. The number of hydrogen-bond donors (Lipinski definition) is 2. The largest absolute Gasteiger partial charge is 0.293 e. The van der Waals surface area contributed by atoms with Crippen LogP contribution in [0.25, 0.3) is 10.7 Å². The number of anilines is 1. The third-order valence-electron chi connectivity index (χ3n) is 2.95. The molecule has 0 saturated heterocycles. The molecule has 3 rings (SSSR count). The summed E-state index contributed by atoms with van der Waals surface area (Å²) in [4.78, 5) is 22.9. The van der Waals surface area contributed by atoms with Crippen molar-refractivity contribution in [1.82, 2.24) is 20.2 Å². The second-order valence-corrected chi connectivity index (χ2v) is 6.96. The predicted molar refractivity (Wildman–Crippen MR) is 88.3 cm³/mol. The van der Waals surface area contributed by atoms with Gasteiger partial charge in [-0.1, -0.05) is 6.92 Å². The number of thiophene rings is 1. The van der Waals surface area contributed by atoms with E-state index in [1.54, 1.807) is 22.7 Å². The zero-order valence-electron chi connectivity index (χ0n) is 12.2. The summed E-state index contributed by atoms with van der Waals surface area (Å²) in [5.41, 5.74) is 0.781. The van der Waals surface area contributed by atoms with E-state index in [0.29, 0.717) is 5.82 Å².